The summed E-state index contributed by atoms with van der Waals surface area (Å²) < 4.78 is 0. The lowest BCUT2D eigenvalue weighted by atomic mass is 9.93. The molecule has 2 amide bonds. The zero-order valence-corrected chi connectivity index (χ0v) is 15.7. The van der Waals surface area contributed by atoms with E-state index in [9.17, 15) is 9.59 Å². The van der Waals surface area contributed by atoms with Gasteiger partial charge >= 0.3 is 0 Å². The minimum atomic E-state index is -0.0470. The summed E-state index contributed by atoms with van der Waals surface area (Å²) in [6, 6.07) is 10.3. The lowest BCUT2D eigenvalue weighted by molar-refractivity contribution is -0.124. The molecule has 1 fully saturated rings. The summed E-state index contributed by atoms with van der Waals surface area (Å²) in [7, 11) is 1.82. The van der Waals surface area contributed by atoms with Crippen LogP contribution in [0.4, 0.5) is 5.69 Å². The normalized spacial score (nSPS) is 15.4. The Bertz CT molecular complexity index is 553. The maximum atomic E-state index is 13.0. The number of nitrogens with one attached hydrogen (secondary N) is 1. The van der Waals surface area contributed by atoms with Gasteiger partial charge in [-0.2, -0.15) is 0 Å². The minimum Gasteiger partial charge on any atom is -0.353 e. The summed E-state index contributed by atoms with van der Waals surface area (Å²) in [5, 5.41) is 2.87. The summed E-state index contributed by atoms with van der Waals surface area (Å²) in [5.41, 5.74) is 0.958. The average Bonchev–Trinajstić information content (AvgIpc) is 2.56. The molecular weight excluding hydrogens is 314 g/mol. The molecule has 1 saturated carbocycles. The van der Waals surface area contributed by atoms with E-state index in [1.54, 1.807) is 4.90 Å². The van der Waals surface area contributed by atoms with E-state index >= 15 is 0 Å². The quantitative estimate of drug-likeness (QED) is 0.827. The second-order valence-electron chi connectivity index (χ2n) is 7.29. The van der Waals surface area contributed by atoms with E-state index in [0.717, 1.165) is 18.5 Å². The van der Waals surface area contributed by atoms with Gasteiger partial charge in [0.15, 0.2) is 0 Å². The fourth-order valence-corrected chi connectivity index (χ4v) is 3.46. The zero-order chi connectivity index (χ0) is 18.2. The van der Waals surface area contributed by atoms with Crippen molar-refractivity contribution in [1.82, 2.24) is 10.2 Å². The standard InChI is InChI=1S/C20H31N3O2/c1-16(2)21-19(24)14-22(3)15-20(25)23(17-10-6-4-7-11-17)18-12-8-5-9-13-18/h4,6-7,10-11,16,18H,5,8-9,12-15H2,1-3H3,(H,21,24). The maximum absolute atomic E-state index is 13.0. The van der Waals surface area contributed by atoms with Crippen molar-refractivity contribution in [2.45, 2.75) is 58.0 Å². The molecule has 1 N–H and O–H groups in total. The Morgan fingerprint density at radius 3 is 2.32 bits per heavy atom. The van der Waals surface area contributed by atoms with Crippen molar-refractivity contribution in [2.24, 2.45) is 0 Å². The van der Waals surface area contributed by atoms with Crippen LogP contribution >= 0.6 is 0 Å². The van der Waals surface area contributed by atoms with Gasteiger partial charge in [-0.1, -0.05) is 37.5 Å². The fraction of sp³-hybridized carbons (Fsp3) is 0.600. The van der Waals surface area contributed by atoms with Gasteiger partial charge in [0, 0.05) is 17.8 Å². The number of benzene rings is 1. The number of nitrogens with zero attached hydrogens (tertiary/aromatic N) is 2. The minimum absolute atomic E-state index is 0.0470. The van der Waals surface area contributed by atoms with Gasteiger partial charge in [-0.25, -0.2) is 0 Å². The largest absolute Gasteiger partial charge is 0.353 e. The highest BCUT2D eigenvalue weighted by Gasteiger charge is 2.27. The number of likely N-dealkylation sites (N-methyl/N-ethyl adjacent to an activating group) is 1. The molecule has 0 radical (unpaired) electrons. The molecule has 0 unspecified atom stereocenters. The molecule has 0 bridgehead atoms. The molecule has 0 spiro atoms. The first-order chi connectivity index (χ1) is 12.0. The third-order valence-electron chi connectivity index (χ3n) is 4.51. The number of carbonyl (C=O) groups excluding carboxylic acids is 2. The molecule has 0 aromatic heterocycles. The molecule has 1 aliphatic carbocycles. The highest BCUT2D eigenvalue weighted by molar-refractivity contribution is 5.95. The van der Waals surface area contributed by atoms with Gasteiger partial charge in [-0.05, 0) is 45.9 Å². The first-order valence-electron chi connectivity index (χ1n) is 9.32. The summed E-state index contributed by atoms with van der Waals surface area (Å²) >= 11 is 0. The molecule has 138 valence electrons. The van der Waals surface area contributed by atoms with Crippen LogP contribution < -0.4 is 10.2 Å². The molecule has 0 aliphatic heterocycles. The van der Waals surface area contributed by atoms with Gasteiger partial charge in [0.1, 0.15) is 0 Å². The van der Waals surface area contributed by atoms with E-state index in [1.807, 2.05) is 56.1 Å². The van der Waals surface area contributed by atoms with Crippen molar-refractivity contribution in [3.05, 3.63) is 30.3 Å². The number of para-hydroxylation sites is 1. The van der Waals surface area contributed by atoms with Crippen LogP contribution in [-0.4, -0.2) is 48.9 Å². The van der Waals surface area contributed by atoms with Crippen LogP contribution in [0.15, 0.2) is 30.3 Å². The van der Waals surface area contributed by atoms with Crippen molar-refractivity contribution >= 4 is 17.5 Å². The summed E-state index contributed by atoms with van der Waals surface area (Å²) in [4.78, 5) is 28.7. The lowest BCUT2D eigenvalue weighted by Gasteiger charge is -2.35. The van der Waals surface area contributed by atoms with Gasteiger partial charge in [0.2, 0.25) is 11.8 Å². The van der Waals surface area contributed by atoms with Crippen LogP contribution in [-0.2, 0) is 9.59 Å². The van der Waals surface area contributed by atoms with Crippen LogP contribution in [0.25, 0.3) is 0 Å². The number of hydrogen-bond donors (Lipinski definition) is 1. The van der Waals surface area contributed by atoms with Gasteiger partial charge < -0.3 is 10.2 Å². The van der Waals surface area contributed by atoms with Crippen LogP contribution in [0.1, 0.15) is 46.0 Å². The van der Waals surface area contributed by atoms with E-state index in [0.29, 0.717) is 0 Å². The Hall–Kier alpha value is -1.88. The second kappa shape index (κ2) is 9.56. The van der Waals surface area contributed by atoms with Crippen molar-refractivity contribution < 1.29 is 9.59 Å². The number of amides is 2. The van der Waals surface area contributed by atoms with Gasteiger partial charge in [0.05, 0.1) is 13.1 Å². The Morgan fingerprint density at radius 1 is 1.08 bits per heavy atom. The van der Waals surface area contributed by atoms with Crippen LogP contribution in [0, 0.1) is 0 Å². The van der Waals surface area contributed by atoms with Gasteiger partial charge in [0.25, 0.3) is 0 Å². The van der Waals surface area contributed by atoms with E-state index < -0.39 is 0 Å². The van der Waals surface area contributed by atoms with Crippen molar-refractivity contribution in [1.29, 1.82) is 0 Å². The molecule has 5 nitrogen and oxygen atoms in total. The predicted octanol–water partition coefficient (Wildman–Crippen LogP) is 2.81. The SMILES string of the molecule is CC(C)NC(=O)CN(C)CC(=O)N(c1ccccc1)C1CCCCC1. The Morgan fingerprint density at radius 2 is 1.72 bits per heavy atom. The molecule has 5 heteroatoms. The smallest absolute Gasteiger partial charge is 0.241 e. The van der Waals surface area contributed by atoms with Gasteiger partial charge in [-0.15, -0.1) is 0 Å². The summed E-state index contributed by atoms with van der Waals surface area (Å²) in [6.07, 6.45) is 5.71. The molecule has 2 rings (SSSR count). The van der Waals surface area contributed by atoms with Gasteiger partial charge in [-0.3, -0.25) is 14.5 Å². The molecule has 0 heterocycles. The topological polar surface area (TPSA) is 52.7 Å². The molecular formula is C20H31N3O2. The Labute approximate surface area is 151 Å². The lowest BCUT2D eigenvalue weighted by Crippen LogP contribution is -2.48. The first kappa shape index (κ1) is 19.4. The van der Waals surface area contributed by atoms with Crippen molar-refractivity contribution in [2.75, 3.05) is 25.0 Å². The van der Waals surface area contributed by atoms with E-state index in [2.05, 4.69) is 5.32 Å². The first-order valence-corrected chi connectivity index (χ1v) is 9.32. The Balaban J connectivity index is 2.03. The molecule has 25 heavy (non-hydrogen) atoms. The predicted molar refractivity (Wildman–Crippen MR) is 102 cm³/mol. The molecule has 0 atom stereocenters. The third kappa shape index (κ3) is 6.16. The van der Waals surface area contributed by atoms with Crippen molar-refractivity contribution in [3.8, 4) is 0 Å². The Kier molecular flexibility index (Phi) is 7.44. The van der Waals surface area contributed by atoms with E-state index in [1.165, 1.54) is 19.3 Å². The van der Waals surface area contributed by atoms with Crippen LogP contribution in [0.5, 0.6) is 0 Å². The van der Waals surface area contributed by atoms with Crippen molar-refractivity contribution in [3.63, 3.8) is 0 Å². The molecule has 1 aromatic carbocycles. The summed E-state index contributed by atoms with van der Waals surface area (Å²) in [5.74, 6) is 0.0205. The summed E-state index contributed by atoms with van der Waals surface area (Å²) in [6.45, 7) is 4.35. The number of hydrogen-bond acceptors (Lipinski definition) is 3. The molecule has 1 aliphatic rings. The zero-order valence-electron chi connectivity index (χ0n) is 15.7. The van der Waals surface area contributed by atoms with E-state index in [-0.39, 0.29) is 37.0 Å². The van der Waals surface area contributed by atoms with Crippen LogP contribution in [0.2, 0.25) is 0 Å². The monoisotopic (exact) mass is 345 g/mol. The highest BCUT2D eigenvalue weighted by Crippen LogP contribution is 2.27. The molecule has 0 saturated heterocycles. The number of carbonyl (C=O) groups is 2. The average molecular weight is 345 g/mol. The number of rotatable bonds is 7. The molecule has 1 aromatic rings. The third-order valence-corrected chi connectivity index (χ3v) is 4.51. The second-order valence-corrected chi connectivity index (χ2v) is 7.29. The fourth-order valence-electron chi connectivity index (χ4n) is 3.46. The number of anilines is 1. The highest BCUT2D eigenvalue weighted by atomic mass is 16.2. The maximum Gasteiger partial charge on any atom is 0.241 e. The van der Waals surface area contributed by atoms with E-state index in [4.69, 9.17) is 0 Å². The van der Waals surface area contributed by atoms with Crippen LogP contribution in [0.3, 0.4) is 0 Å².